The Kier molecular flexibility index (Phi) is 6.83. The molecule has 0 aliphatic carbocycles. The third kappa shape index (κ3) is 5.90. The number of halogens is 1. The van der Waals surface area contributed by atoms with E-state index in [-0.39, 0.29) is 22.7 Å². The molecule has 0 aromatic carbocycles. The zero-order valence-corrected chi connectivity index (χ0v) is 17.8. The molecule has 1 aliphatic rings. The lowest BCUT2D eigenvalue weighted by molar-refractivity contribution is -0.241. The standard InChI is InChI=1S/C10H14ClN4O12P3/c11-9-8-10(13-3-12-9)15(4-14-8)7-1-5(16)6(25-7)2-24-29(20,21)27-30(22,23)26-28(17,18)19/h3-7,16H,1-2H2,(H,20,21)(H,22,23)(H2,17,18,19)/p-2. The largest absolute Gasteiger partial charge is 0.756 e. The SMILES string of the molecule is O=P(O)(O)OP(=O)([O-])OP(=O)([O-])OCC1OC(n2cnc3c(Cl)ncnc32)CC1O. The van der Waals surface area contributed by atoms with E-state index in [2.05, 4.69) is 28.1 Å². The Labute approximate surface area is 171 Å². The van der Waals surface area contributed by atoms with E-state index in [1.165, 1.54) is 17.2 Å². The number of phosphoric acid groups is 3. The summed E-state index contributed by atoms with van der Waals surface area (Å²) in [5.74, 6) is 0. The maximum Gasteiger partial charge on any atom is 0.476 e. The van der Waals surface area contributed by atoms with Crippen molar-refractivity contribution in [2.75, 3.05) is 6.61 Å². The maximum absolute atomic E-state index is 11.6. The molecule has 0 amide bonds. The fourth-order valence-corrected chi connectivity index (χ4v) is 5.63. The molecule has 3 heterocycles. The van der Waals surface area contributed by atoms with E-state index >= 15 is 0 Å². The van der Waals surface area contributed by atoms with Crippen LogP contribution in [0.3, 0.4) is 0 Å². The molecule has 20 heteroatoms. The van der Waals surface area contributed by atoms with Gasteiger partial charge in [0, 0.05) is 6.42 Å². The highest BCUT2D eigenvalue weighted by atomic mass is 35.5. The second-order valence-electron chi connectivity index (χ2n) is 5.76. The third-order valence-electron chi connectivity index (χ3n) is 3.63. The van der Waals surface area contributed by atoms with Crippen LogP contribution in [0, 0.1) is 0 Å². The number of rotatable bonds is 8. The topological polar surface area (TPSA) is 239 Å². The van der Waals surface area contributed by atoms with Gasteiger partial charge in [-0.1, -0.05) is 11.6 Å². The van der Waals surface area contributed by atoms with Crippen LogP contribution in [0.15, 0.2) is 12.7 Å². The zero-order chi connectivity index (χ0) is 22.3. The summed E-state index contributed by atoms with van der Waals surface area (Å²) in [6.45, 7) is -0.878. The third-order valence-corrected chi connectivity index (χ3v) is 7.62. The number of aliphatic hydroxyl groups is 1. The summed E-state index contributed by atoms with van der Waals surface area (Å²) in [5.41, 5.74) is 0.555. The number of nitrogens with zero attached hydrogens (tertiary/aromatic N) is 4. The molecule has 5 atom stereocenters. The summed E-state index contributed by atoms with van der Waals surface area (Å²) >= 11 is 5.90. The number of ether oxygens (including phenoxy) is 1. The molecule has 0 bridgehead atoms. The molecule has 0 spiro atoms. The van der Waals surface area contributed by atoms with Crippen molar-refractivity contribution in [2.45, 2.75) is 24.9 Å². The van der Waals surface area contributed by atoms with Gasteiger partial charge in [-0.15, -0.1) is 0 Å². The van der Waals surface area contributed by atoms with Gasteiger partial charge in [-0.05, 0) is 0 Å². The predicted molar refractivity (Wildman–Crippen MR) is 90.2 cm³/mol. The van der Waals surface area contributed by atoms with Crippen LogP contribution in [0.25, 0.3) is 11.2 Å². The van der Waals surface area contributed by atoms with Gasteiger partial charge in [-0.25, -0.2) is 28.1 Å². The van der Waals surface area contributed by atoms with Gasteiger partial charge in [0.05, 0.1) is 19.0 Å². The molecule has 2 aromatic rings. The van der Waals surface area contributed by atoms with Gasteiger partial charge < -0.3 is 33.9 Å². The quantitative estimate of drug-likeness (QED) is 0.292. The Morgan fingerprint density at radius 3 is 2.57 bits per heavy atom. The van der Waals surface area contributed by atoms with Gasteiger partial charge in [0.15, 0.2) is 10.8 Å². The zero-order valence-electron chi connectivity index (χ0n) is 14.3. The van der Waals surface area contributed by atoms with Gasteiger partial charge in [0.25, 0.3) is 15.6 Å². The van der Waals surface area contributed by atoms with E-state index in [0.717, 1.165) is 0 Å². The molecule has 5 unspecified atom stereocenters. The van der Waals surface area contributed by atoms with Gasteiger partial charge in [-0.3, -0.25) is 13.7 Å². The number of aromatic nitrogens is 4. The van der Waals surface area contributed by atoms with Crippen LogP contribution >= 0.6 is 35.1 Å². The summed E-state index contributed by atoms with van der Waals surface area (Å²) in [6.07, 6.45) is -0.868. The first-order chi connectivity index (χ1) is 13.8. The van der Waals surface area contributed by atoms with Crippen LogP contribution in [0.1, 0.15) is 12.6 Å². The summed E-state index contributed by atoms with van der Waals surface area (Å²) in [6, 6.07) is 0. The minimum atomic E-state index is -5.95. The van der Waals surface area contributed by atoms with Gasteiger partial charge in [0.2, 0.25) is 0 Å². The van der Waals surface area contributed by atoms with Crippen LogP contribution in [0.4, 0.5) is 0 Å². The fourth-order valence-electron chi connectivity index (χ4n) is 2.53. The summed E-state index contributed by atoms with van der Waals surface area (Å²) < 4.78 is 51.4. The molecule has 16 nitrogen and oxygen atoms in total. The van der Waals surface area contributed by atoms with Crippen molar-refractivity contribution in [3.8, 4) is 0 Å². The maximum atomic E-state index is 11.6. The minimum absolute atomic E-state index is 0.0352. The van der Waals surface area contributed by atoms with Crippen molar-refractivity contribution in [3.63, 3.8) is 0 Å². The molecule has 1 fully saturated rings. The first kappa shape index (κ1) is 23.8. The number of phosphoric ester groups is 1. The average molecular weight is 509 g/mol. The fraction of sp³-hybridized carbons (Fsp3) is 0.500. The van der Waals surface area contributed by atoms with Crippen molar-refractivity contribution in [2.24, 2.45) is 0 Å². The molecule has 0 saturated carbocycles. The molecule has 168 valence electrons. The van der Waals surface area contributed by atoms with Gasteiger partial charge in [-0.2, -0.15) is 0 Å². The Hall–Kier alpha value is -0.830. The molecule has 3 N–H and O–H groups in total. The van der Waals surface area contributed by atoms with Crippen molar-refractivity contribution in [1.29, 1.82) is 0 Å². The molecular weight excluding hydrogens is 497 g/mol. The molecule has 3 rings (SSSR count). The molecular formula is C10H12ClN4O12P3-2. The van der Waals surface area contributed by atoms with E-state index in [0.29, 0.717) is 0 Å². The minimum Gasteiger partial charge on any atom is -0.756 e. The highest BCUT2D eigenvalue weighted by Gasteiger charge is 2.37. The number of fused-ring (bicyclic) bond motifs is 1. The molecule has 30 heavy (non-hydrogen) atoms. The Balaban J connectivity index is 1.64. The van der Waals surface area contributed by atoms with Crippen molar-refractivity contribution < 1.29 is 56.3 Å². The van der Waals surface area contributed by atoms with Crippen LogP contribution in [0.2, 0.25) is 5.15 Å². The summed E-state index contributed by atoms with van der Waals surface area (Å²) in [7, 11) is -17.2. The lowest BCUT2D eigenvalue weighted by atomic mass is 10.2. The summed E-state index contributed by atoms with van der Waals surface area (Å²) in [4.78, 5) is 51.5. The Morgan fingerprint density at radius 2 is 1.90 bits per heavy atom. The smallest absolute Gasteiger partial charge is 0.476 e. The second-order valence-corrected chi connectivity index (χ2v) is 10.5. The second kappa shape index (κ2) is 8.60. The van der Waals surface area contributed by atoms with E-state index in [1.54, 1.807) is 0 Å². The first-order valence-electron chi connectivity index (χ1n) is 7.68. The Bertz CT molecular complexity index is 1080. The number of hydrogen-bond donors (Lipinski definition) is 3. The van der Waals surface area contributed by atoms with Crippen molar-refractivity contribution in [1.82, 2.24) is 19.5 Å². The van der Waals surface area contributed by atoms with Crippen LogP contribution < -0.4 is 9.79 Å². The predicted octanol–water partition coefficient (Wildman–Crippen LogP) is -0.793. The number of imidazole rings is 1. The molecule has 1 aliphatic heterocycles. The van der Waals surface area contributed by atoms with Gasteiger partial charge in [0.1, 0.15) is 24.2 Å². The molecule has 0 radical (unpaired) electrons. The van der Waals surface area contributed by atoms with E-state index < -0.39 is 48.5 Å². The summed E-state index contributed by atoms with van der Waals surface area (Å²) in [5, 5.41) is 10.2. The Morgan fingerprint density at radius 1 is 1.20 bits per heavy atom. The van der Waals surface area contributed by atoms with Crippen LogP contribution in [-0.4, -0.2) is 53.2 Å². The highest BCUT2D eigenvalue weighted by molar-refractivity contribution is 7.65. The lowest BCUT2D eigenvalue weighted by Crippen LogP contribution is -2.27. The molecule has 2 aromatic heterocycles. The van der Waals surface area contributed by atoms with Crippen LogP contribution in [0.5, 0.6) is 0 Å². The van der Waals surface area contributed by atoms with Gasteiger partial charge >= 0.3 is 7.82 Å². The first-order valence-corrected chi connectivity index (χ1v) is 12.5. The monoisotopic (exact) mass is 508 g/mol. The van der Waals surface area contributed by atoms with E-state index in [1.807, 2.05) is 0 Å². The van der Waals surface area contributed by atoms with Crippen molar-refractivity contribution in [3.05, 3.63) is 17.8 Å². The van der Waals surface area contributed by atoms with Crippen LogP contribution in [-0.2, 0) is 31.6 Å². The van der Waals surface area contributed by atoms with E-state index in [4.69, 9.17) is 26.1 Å². The highest BCUT2D eigenvalue weighted by Crippen LogP contribution is 2.62. The van der Waals surface area contributed by atoms with Crippen molar-refractivity contribution >= 4 is 46.2 Å². The number of hydrogen-bond acceptors (Lipinski definition) is 13. The normalized spacial score (nSPS) is 26.5. The lowest BCUT2D eigenvalue weighted by Gasteiger charge is -2.31. The van der Waals surface area contributed by atoms with E-state index in [9.17, 15) is 28.6 Å². The molecule has 1 saturated heterocycles. The number of aliphatic hydroxyl groups excluding tert-OH is 1. The average Bonchev–Trinajstić information content (AvgIpc) is 3.14.